The highest BCUT2D eigenvalue weighted by molar-refractivity contribution is 7.89. The molecule has 1 atom stereocenters. The van der Waals surface area contributed by atoms with Crippen molar-refractivity contribution in [2.24, 2.45) is 0 Å². The number of anilines is 1. The molecule has 0 unspecified atom stereocenters. The fourth-order valence-corrected chi connectivity index (χ4v) is 4.86. The fourth-order valence-electron chi connectivity index (χ4n) is 3.41. The van der Waals surface area contributed by atoms with E-state index in [-0.39, 0.29) is 22.6 Å². The molecule has 1 amide bonds. The summed E-state index contributed by atoms with van der Waals surface area (Å²) >= 11 is 0. The Kier molecular flexibility index (Phi) is 6.46. The van der Waals surface area contributed by atoms with Crippen LogP contribution in [0.2, 0.25) is 0 Å². The number of quaternary nitrogens is 1. The van der Waals surface area contributed by atoms with Crippen molar-refractivity contribution in [2.75, 3.05) is 31.5 Å². The molecule has 1 aliphatic heterocycles. The molecule has 2 aromatic carbocycles. The number of piperazine rings is 1. The number of para-hydroxylation sites is 1. The van der Waals surface area contributed by atoms with Gasteiger partial charge in [0.15, 0.2) is 11.8 Å². The number of carbonyl (C=O) groups is 2. The average molecular weight is 417 g/mol. The van der Waals surface area contributed by atoms with Gasteiger partial charge < -0.3 is 10.2 Å². The molecule has 29 heavy (non-hydrogen) atoms. The van der Waals surface area contributed by atoms with Crippen LogP contribution in [0, 0.1) is 0 Å². The number of nitrogens with one attached hydrogen (secondary N) is 2. The third-order valence-electron chi connectivity index (χ3n) is 5.31. The number of carbonyl (C=O) groups excluding carboxylic acids is 2. The predicted molar refractivity (Wildman–Crippen MR) is 110 cm³/mol. The largest absolute Gasteiger partial charge is 0.323 e. The van der Waals surface area contributed by atoms with Gasteiger partial charge in [0.05, 0.1) is 31.1 Å². The van der Waals surface area contributed by atoms with Gasteiger partial charge >= 0.3 is 0 Å². The van der Waals surface area contributed by atoms with Crippen molar-refractivity contribution < 1.29 is 22.9 Å². The van der Waals surface area contributed by atoms with Gasteiger partial charge in [0, 0.05) is 11.3 Å². The summed E-state index contributed by atoms with van der Waals surface area (Å²) in [7, 11) is -3.61. The van der Waals surface area contributed by atoms with Gasteiger partial charge in [-0.25, -0.2) is 8.42 Å². The lowest BCUT2D eigenvalue weighted by atomic mass is 10.2. The van der Waals surface area contributed by atoms with Gasteiger partial charge in [-0.05, 0) is 38.1 Å². The first-order valence-corrected chi connectivity index (χ1v) is 11.0. The van der Waals surface area contributed by atoms with Crippen molar-refractivity contribution in [1.82, 2.24) is 4.31 Å². The fraction of sp³-hybridized carbons (Fsp3) is 0.333. The van der Waals surface area contributed by atoms with Crippen LogP contribution in [-0.4, -0.2) is 56.6 Å². The van der Waals surface area contributed by atoms with Crippen molar-refractivity contribution >= 4 is 27.4 Å². The second-order valence-electron chi connectivity index (χ2n) is 7.22. The lowest BCUT2D eigenvalue weighted by Gasteiger charge is -2.34. The maximum atomic E-state index is 12.9. The molecule has 8 heteroatoms. The molecule has 1 fully saturated rings. The molecular weight excluding hydrogens is 390 g/mol. The van der Waals surface area contributed by atoms with Crippen molar-refractivity contribution in [3.63, 3.8) is 0 Å². The number of sulfonamides is 1. The summed E-state index contributed by atoms with van der Waals surface area (Å²) in [5.74, 6) is -0.184. The van der Waals surface area contributed by atoms with E-state index in [9.17, 15) is 18.0 Å². The lowest BCUT2D eigenvalue weighted by Crippen LogP contribution is -3.19. The Balaban J connectivity index is 1.60. The lowest BCUT2D eigenvalue weighted by molar-refractivity contribution is -0.917. The van der Waals surface area contributed by atoms with Gasteiger partial charge in [-0.15, -0.1) is 0 Å². The van der Waals surface area contributed by atoms with Crippen LogP contribution in [0.5, 0.6) is 0 Å². The monoisotopic (exact) mass is 416 g/mol. The summed E-state index contributed by atoms with van der Waals surface area (Å²) in [5, 5.41) is 2.90. The molecule has 0 aromatic heterocycles. The smallest absolute Gasteiger partial charge is 0.282 e. The zero-order chi connectivity index (χ0) is 21.0. The zero-order valence-electron chi connectivity index (χ0n) is 16.6. The molecule has 0 bridgehead atoms. The van der Waals surface area contributed by atoms with E-state index in [4.69, 9.17) is 0 Å². The second kappa shape index (κ2) is 8.86. The van der Waals surface area contributed by atoms with E-state index in [2.05, 4.69) is 5.32 Å². The van der Waals surface area contributed by atoms with E-state index in [1.54, 1.807) is 0 Å². The molecule has 2 aromatic rings. The number of hydrogen-bond acceptors (Lipinski definition) is 4. The molecule has 7 nitrogen and oxygen atoms in total. The van der Waals surface area contributed by atoms with Gasteiger partial charge in [0.25, 0.3) is 5.91 Å². The number of rotatable bonds is 6. The van der Waals surface area contributed by atoms with Crippen LogP contribution in [0.4, 0.5) is 5.69 Å². The molecule has 154 valence electrons. The number of nitrogens with zero attached hydrogens (tertiary/aromatic N) is 1. The normalized spacial score (nSPS) is 16.9. The van der Waals surface area contributed by atoms with Gasteiger partial charge in [-0.3, -0.25) is 9.59 Å². The summed E-state index contributed by atoms with van der Waals surface area (Å²) in [6.45, 7) is 5.09. The highest BCUT2D eigenvalue weighted by atomic mass is 32.2. The summed E-state index contributed by atoms with van der Waals surface area (Å²) < 4.78 is 27.2. The Morgan fingerprint density at radius 3 is 2.14 bits per heavy atom. The number of ketones is 1. The van der Waals surface area contributed by atoms with Gasteiger partial charge in [0.2, 0.25) is 10.0 Å². The van der Waals surface area contributed by atoms with Crippen LogP contribution in [0.1, 0.15) is 24.2 Å². The van der Waals surface area contributed by atoms with E-state index in [0.717, 1.165) is 10.6 Å². The quantitative estimate of drug-likeness (QED) is 0.682. The SMILES string of the molecule is CC(=O)c1ccc(S(=O)(=O)N2CC[NH+]([C@H](C)C(=O)Nc3ccccc3)CC2)cc1. The minimum Gasteiger partial charge on any atom is -0.323 e. The first-order chi connectivity index (χ1) is 13.8. The molecule has 0 saturated carbocycles. The molecule has 1 aliphatic rings. The van der Waals surface area contributed by atoms with Crippen molar-refractivity contribution in [3.8, 4) is 0 Å². The summed E-state index contributed by atoms with van der Waals surface area (Å²) in [5.41, 5.74) is 1.23. The first kappa shape index (κ1) is 21.2. The van der Waals surface area contributed by atoms with Crippen LogP contribution in [-0.2, 0) is 14.8 Å². The number of amides is 1. The Bertz CT molecular complexity index is 967. The van der Waals surface area contributed by atoms with Gasteiger partial charge in [0.1, 0.15) is 0 Å². The van der Waals surface area contributed by atoms with Crippen LogP contribution in [0.15, 0.2) is 59.5 Å². The molecule has 0 aliphatic carbocycles. The molecule has 3 rings (SSSR count). The van der Waals surface area contributed by atoms with Crippen molar-refractivity contribution in [3.05, 3.63) is 60.2 Å². The third kappa shape index (κ3) is 4.90. The summed E-state index contributed by atoms with van der Waals surface area (Å²) in [6, 6.07) is 15.0. The molecule has 2 N–H and O–H groups in total. The highest BCUT2D eigenvalue weighted by Crippen LogP contribution is 2.17. The summed E-state index contributed by atoms with van der Waals surface area (Å²) in [6.07, 6.45) is 0. The number of Topliss-reactive ketones (excluding diaryl/α,β-unsaturated/α-hetero) is 1. The molecule has 1 saturated heterocycles. The molecule has 0 spiro atoms. The van der Waals surface area contributed by atoms with Crippen molar-refractivity contribution in [1.29, 1.82) is 0 Å². The number of hydrogen-bond donors (Lipinski definition) is 2. The Labute approximate surface area is 171 Å². The minimum absolute atomic E-state index is 0.0812. The van der Waals surface area contributed by atoms with Gasteiger partial charge in [-0.1, -0.05) is 30.3 Å². The average Bonchev–Trinajstić information content (AvgIpc) is 2.74. The topological polar surface area (TPSA) is 88.0 Å². The predicted octanol–water partition coefficient (Wildman–Crippen LogP) is 0.806. The number of benzene rings is 2. The molecule has 1 heterocycles. The van der Waals surface area contributed by atoms with Crippen LogP contribution < -0.4 is 10.2 Å². The third-order valence-corrected chi connectivity index (χ3v) is 7.22. The standard InChI is InChI=1S/C21H25N3O4S/c1-16(21(26)22-19-6-4-3-5-7-19)23-12-14-24(15-13-23)29(27,28)20-10-8-18(9-11-20)17(2)25/h3-11,16H,12-15H2,1-2H3,(H,22,26)/p+1/t16-/m1/s1. The zero-order valence-corrected chi connectivity index (χ0v) is 17.4. The van der Waals surface area contributed by atoms with Crippen molar-refractivity contribution in [2.45, 2.75) is 24.8 Å². The van der Waals surface area contributed by atoms with E-state index < -0.39 is 10.0 Å². The van der Waals surface area contributed by atoms with E-state index in [1.807, 2.05) is 37.3 Å². The van der Waals surface area contributed by atoms with Crippen LogP contribution in [0.25, 0.3) is 0 Å². The van der Waals surface area contributed by atoms with E-state index in [1.165, 1.54) is 35.5 Å². The van der Waals surface area contributed by atoms with E-state index in [0.29, 0.717) is 31.7 Å². The maximum Gasteiger partial charge on any atom is 0.282 e. The minimum atomic E-state index is -3.61. The van der Waals surface area contributed by atoms with Crippen LogP contribution >= 0.6 is 0 Å². The Hall–Kier alpha value is -2.55. The van der Waals surface area contributed by atoms with Gasteiger partial charge in [-0.2, -0.15) is 4.31 Å². The maximum absolute atomic E-state index is 12.9. The highest BCUT2D eigenvalue weighted by Gasteiger charge is 2.34. The van der Waals surface area contributed by atoms with E-state index >= 15 is 0 Å². The first-order valence-electron chi connectivity index (χ1n) is 9.60. The molecular formula is C21H26N3O4S+. The molecule has 0 radical (unpaired) electrons. The second-order valence-corrected chi connectivity index (χ2v) is 9.16. The Morgan fingerprint density at radius 1 is 1.00 bits per heavy atom. The van der Waals surface area contributed by atoms with Crippen LogP contribution in [0.3, 0.4) is 0 Å². The summed E-state index contributed by atoms with van der Waals surface area (Å²) in [4.78, 5) is 25.1. The Morgan fingerprint density at radius 2 is 1.59 bits per heavy atom.